The molecule has 0 saturated heterocycles. The summed E-state index contributed by atoms with van der Waals surface area (Å²) in [6.07, 6.45) is 1.80. The molecule has 4 heteroatoms. The molecule has 0 spiro atoms. The molecule has 1 heterocycles. The van der Waals surface area contributed by atoms with E-state index in [1.54, 1.807) is 18.3 Å². The van der Waals surface area contributed by atoms with Gasteiger partial charge in [0, 0.05) is 16.8 Å². The standard InChI is InChI=1S/C13H10Cl3N/c1-7-3-8(2)13(17-6-7)12-10(15)4-9(14)5-11(12)16/h3-6H,1-2H3. The lowest BCUT2D eigenvalue weighted by atomic mass is 10.1. The van der Waals surface area contributed by atoms with E-state index < -0.39 is 0 Å². The van der Waals surface area contributed by atoms with Gasteiger partial charge in [-0.25, -0.2) is 0 Å². The number of hydrogen-bond acceptors (Lipinski definition) is 1. The second-order valence-corrected chi connectivity index (χ2v) is 5.17. The lowest BCUT2D eigenvalue weighted by Crippen LogP contribution is -1.91. The highest BCUT2D eigenvalue weighted by Crippen LogP contribution is 2.37. The van der Waals surface area contributed by atoms with Crippen LogP contribution in [0, 0.1) is 13.8 Å². The van der Waals surface area contributed by atoms with E-state index in [0.717, 1.165) is 22.4 Å². The number of aromatic nitrogens is 1. The molecular weight excluding hydrogens is 277 g/mol. The molecule has 0 N–H and O–H groups in total. The molecule has 2 aromatic rings. The summed E-state index contributed by atoms with van der Waals surface area (Å²) in [7, 11) is 0. The highest BCUT2D eigenvalue weighted by molar-refractivity contribution is 6.41. The Morgan fingerprint density at radius 1 is 0.941 bits per heavy atom. The second-order valence-electron chi connectivity index (χ2n) is 3.92. The van der Waals surface area contributed by atoms with Crippen molar-refractivity contribution < 1.29 is 0 Å². The molecule has 0 saturated carbocycles. The fourth-order valence-corrected chi connectivity index (χ4v) is 2.74. The summed E-state index contributed by atoms with van der Waals surface area (Å²) >= 11 is 18.2. The fourth-order valence-electron chi connectivity index (χ4n) is 1.75. The minimum absolute atomic E-state index is 0.516. The Morgan fingerprint density at radius 3 is 2.06 bits per heavy atom. The molecule has 1 aromatic heterocycles. The van der Waals surface area contributed by atoms with Gasteiger partial charge >= 0.3 is 0 Å². The summed E-state index contributed by atoms with van der Waals surface area (Å²) in [4.78, 5) is 4.39. The zero-order valence-electron chi connectivity index (χ0n) is 9.39. The predicted octanol–water partition coefficient (Wildman–Crippen LogP) is 5.33. The maximum Gasteiger partial charge on any atom is 0.0761 e. The molecule has 0 bridgehead atoms. The van der Waals surface area contributed by atoms with Crippen molar-refractivity contribution in [2.75, 3.05) is 0 Å². The Bertz CT molecular complexity index is 556. The number of benzene rings is 1. The van der Waals surface area contributed by atoms with Gasteiger partial charge in [0.1, 0.15) is 0 Å². The van der Waals surface area contributed by atoms with Crippen molar-refractivity contribution in [2.24, 2.45) is 0 Å². The third-order valence-electron chi connectivity index (χ3n) is 2.46. The maximum absolute atomic E-state index is 6.17. The van der Waals surface area contributed by atoms with Gasteiger partial charge in [-0.2, -0.15) is 0 Å². The third kappa shape index (κ3) is 2.57. The van der Waals surface area contributed by atoms with E-state index in [0.29, 0.717) is 15.1 Å². The number of rotatable bonds is 1. The normalized spacial score (nSPS) is 10.6. The van der Waals surface area contributed by atoms with Crippen molar-refractivity contribution >= 4 is 34.8 Å². The number of aryl methyl sites for hydroxylation is 2. The van der Waals surface area contributed by atoms with Crippen LogP contribution in [0.4, 0.5) is 0 Å². The first-order chi connectivity index (χ1) is 7.99. The summed E-state index contributed by atoms with van der Waals surface area (Å²) in [5, 5.41) is 1.55. The molecule has 0 atom stereocenters. The zero-order chi connectivity index (χ0) is 12.6. The molecular formula is C13H10Cl3N. The second kappa shape index (κ2) is 4.85. The average molecular weight is 287 g/mol. The third-order valence-corrected chi connectivity index (χ3v) is 3.27. The van der Waals surface area contributed by atoms with E-state index in [-0.39, 0.29) is 0 Å². The molecule has 0 aliphatic carbocycles. The predicted molar refractivity (Wildman–Crippen MR) is 74.2 cm³/mol. The smallest absolute Gasteiger partial charge is 0.0761 e. The Hall–Kier alpha value is -0.760. The molecule has 0 fully saturated rings. The number of hydrogen-bond donors (Lipinski definition) is 0. The molecule has 0 aliphatic heterocycles. The molecule has 1 aromatic carbocycles. The van der Waals surface area contributed by atoms with E-state index in [4.69, 9.17) is 34.8 Å². The van der Waals surface area contributed by atoms with Crippen molar-refractivity contribution in [1.82, 2.24) is 4.98 Å². The largest absolute Gasteiger partial charge is 0.256 e. The van der Waals surface area contributed by atoms with Crippen LogP contribution in [-0.4, -0.2) is 4.98 Å². The summed E-state index contributed by atoms with van der Waals surface area (Å²) in [6.45, 7) is 3.98. The lowest BCUT2D eigenvalue weighted by Gasteiger charge is -2.10. The maximum atomic E-state index is 6.17. The quantitative estimate of drug-likeness (QED) is 0.691. The van der Waals surface area contributed by atoms with Gasteiger partial charge in [0.2, 0.25) is 0 Å². The minimum atomic E-state index is 0.516. The van der Waals surface area contributed by atoms with Gasteiger partial charge in [-0.3, -0.25) is 4.98 Å². The van der Waals surface area contributed by atoms with Crippen LogP contribution in [0.1, 0.15) is 11.1 Å². The Balaban J connectivity index is 2.68. The molecule has 0 radical (unpaired) electrons. The van der Waals surface area contributed by atoms with Crippen molar-refractivity contribution in [2.45, 2.75) is 13.8 Å². The highest BCUT2D eigenvalue weighted by Gasteiger charge is 2.13. The molecule has 0 aliphatic rings. The fraction of sp³-hybridized carbons (Fsp3) is 0.154. The van der Waals surface area contributed by atoms with E-state index in [9.17, 15) is 0 Å². The molecule has 2 rings (SSSR count). The number of halogens is 3. The van der Waals surface area contributed by atoms with Gasteiger partial charge in [-0.15, -0.1) is 0 Å². The SMILES string of the molecule is Cc1cnc(-c2c(Cl)cc(Cl)cc2Cl)c(C)c1. The van der Waals surface area contributed by atoms with Crippen molar-refractivity contribution in [3.63, 3.8) is 0 Å². The highest BCUT2D eigenvalue weighted by atomic mass is 35.5. The van der Waals surface area contributed by atoms with Crippen molar-refractivity contribution in [3.05, 3.63) is 50.6 Å². The monoisotopic (exact) mass is 285 g/mol. The first-order valence-corrected chi connectivity index (χ1v) is 6.20. The molecule has 17 heavy (non-hydrogen) atoms. The Kier molecular flexibility index (Phi) is 3.62. The number of pyridine rings is 1. The van der Waals surface area contributed by atoms with Crippen LogP contribution >= 0.6 is 34.8 Å². The van der Waals surface area contributed by atoms with Gasteiger partial charge in [0.25, 0.3) is 0 Å². The van der Waals surface area contributed by atoms with Crippen LogP contribution in [0.3, 0.4) is 0 Å². The Morgan fingerprint density at radius 2 is 1.53 bits per heavy atom. The van der Waals surface area contributed by atoms with Gasteiger partial charge in [-0.1, -0.05) is 40.9 Å². The van der Waals surface area contributed by atoms with Crippen LogP contribution in [0.2, 0.25) is 15.1 Å². The van der Waals surface area contributed by atoms with Gasteiger partial charge in [0.05, 0.1) is 15.7 Å². The summed E-state index contributed by atoms with van der Waals surface area (Å²) in [5.74, 6) is 0. The summed E-state index contributed by atoms with van der Waals surface area (Å²) in [5.41, 5.74) is 3.67. The van der Waals surface area contributed by atoms with E-state index in [2.05, 4.69) is 4.98 Å². The molecule has 0 unspecified atom stereocenters. The number of nitrogens with zero attached hydrogens (tertiary/aromatic N) is 1. The molecule has 88 valence electrons. The Labute approximate surface area is 115 Å². The van der Waals surface area contributed by atoms with Crippen LogP contribution in [0.25, 0.3) is 11.3 Å². The first-order valence-electron chi connectivity index (χ1n) is 5.07. The van der Waals surface area contributed by atoms with Crippen LogP contribution in [0.15, 0.2) is 24.4 Å². The van der Waals surface area contributed by atoms with Crippen LogP contribution < -0.4 is 0 Å². The summed E-state index contributed by atoms with van der Waals surface area (Å²) < 4.78 is 0. The molecule has 0 amide bonds. The topological polar surface area (TPSA) is 12.9 Å². The summed E-state index contributed by atoms with van der Waals surface area (Å²) in [6, 6.07) is 5.39. The van der Waals surface area contributed by atoms with Gasteiger partial charge < -0.3 is 0 Å². The average Bonchev–Trinajstić information content (AvgIpc) is 2.19. The van der Waals surface area contributed by atoms with E-state index >= 15 is 0 Å². The van der Waals surface area contributed by atoms with Crippen molar-refractivity contribution in [1.29, 1.82) is 0 Å². The van der Waals surface area contributed by atoms with Gasteiger partial charge in [0.15, 0.2) is 0 Å². The van der Waals surface area contributed by atoms with Crippen LogP contribution in [0.5, 0.6) is 0 Å². The van der Waals surface area contributed by atoms with E-state index in [1.165, 1.54) is 0 Å². The minimum Gasteiger partial charge on any atom is -0.256 e. The zero-order valence-corrected chi connectivity index (χ0v) is 11.7. The van der Waals surface area contributed by atoms with E-state index in [1.807, 2.05) is 19.9 Å². The van der Waals surface area contributed by atoms with Gasteiger partial charge in [-0.05, 0) is 37.1 Å². The first kappa shape index (κ1) is 12.7. The molecule has 1 nitrogen and oxygen atoms in total. The lowest BCUT2D eigenvalue weighted by molar-refractivity contribution is 1.22. The van der Waals surface area contributed by atoms with Crippen molar-refractivity contribution in [3.8, 4) is 11.3 Å². The van der Waals surface area contributed by atoms with Crippen LogP contribution in [-0.2, 0) is 0 Å².